The van der Waals surface area contributed by atoms with Gasteiger partial charge < -0.3 is 0 Å². The third-order valence-electron chi connectivity index (χ3n) is 1.51. The van der Waals surface area contributed by atoms with Gasteiger partial charge >= 0.3 is 0 Å². The fourth-order valence-corrected chi connectivity index (χ4v) is 0.657. The second-order valence-corrected chi connectivity index (χ2v) is 3.02. The van der Waals surface area contributed by atoms with Gasteiger partial charge in [-0.15, -0.1) is 0 Å². The van der Waals surface area contributed by atoms with Crippen LogP contribution in [0.3, 0.4) is 0 Å². The highest BCUT2D eigenvalue weighted by atomic mass is 35.5. The Bertz CT molecular complexity index is 161. The Morgan fingerprint density at radius 3 is 1.90 bits per heavy atom. The molecule has 0 aliphatic rings. The van der Waals surface area contributed by atoms with Crippen LogP contribution >= 0.6 is 11.6 Å². The summed E-state index contributed by atoms with van der Waals surface area (Å²) in [6, 6.07) is 0. The number of hydrogen-bond donors (Lipinski definition) is 0. The Morgan fingerprint density at radius 1 is 1.40 bits per heavy atom. The van der Waals surface area contributed by atoms with Crippen molar-refractivity contribution >= 4 is 22.6 Å². The van der Waals surface area contributed by atoms with Gasteiger partial charge in [-0.05, 0) is 25.4 Å². The molecule has 0 aliphatic carbocycles. The standard InChI is InChI=1S/C7H11ClO2/c1-4-5(9)7(2,3)6(8)10/h4H2,1-3H3. The Labute approximate surface area is 65.6 Å². The summed E-state index contributed by atoms with van der Waals surface area (Å²) in [6.07, 6.45) is 0.353. The molecule has 10 heavy (non-hydrogen) atoms. The number of Topliss-reactive ketones (excluding diaryl/α,β-unsaturated/α-hetero) is 1. The van der Waals surface area contributed by atoms with Gasteiger partial charge in [-0.25, -0.2) is 0 Å². The highest BCUT2D eigenvalue weighted by molar-refractivity contribution is 6.66. The summed E-state index contributed by atoms with van der Waals surface area (Å²) in [5.74, 6) is -0.118. The van der Waals surface area contributed by atoms with Crippen molar-refractivity contribution in [3.8, 4) is 0 Å². The Balaban J connectivity index is 4.40. The maximum Gasteiger partial charge on any atom is 0.234 e. The van der Waals surface area contributed by atoms with E-state index in [1.165, 1.54) is 13.8 Å². The maximum absolute atomic E-state index is 11.0. The number of carbonyl (C=O) groups excluding carboxylic acids is 2. The molecule has 0 rings (SSSR count). The molecule has 0 atom stereocenters. The van der Waals surface area contributed by atoms with Crippen molar-refractivity contribution in [1.82, 2.24) is 0 Å². The van der Waals surface area contributed by atoms with E-state index in [9.17, 15) is 9.59 Å². The van der Waals surface area contributed by atoms with E-state index in [-0.39, 0.29) is 5.78 Å². The minimum absolute atomic E-state index is 0.118. The first-order valence-electron chi connectivity index (χ1n) is 3.16. The summed E-state index contributed by atoms with van der Waals surface area (Å²) in [5, 5.41) is -0.584. The van der Waals surface area contributed by atoms with Crippen LogP contribution in [-0.2, 0) is 9.59 Å². The molecule has 0 aromatic carbocycles. The molecule has 0 aliphatic heterocycles. The van der Waals surface area contributed by atoms with E-state index in [1.54, 1.807) is 6.92 Å². The number of ketones is 1. The Hall–Kier alpha value is -0.370. The lowest BCUT2D eigenvalue weighted by atomic mass is 9.88. The molecular formula is C7H11ClO2. The fraction of sp³-hybridized carbons (Fsp3) is 0.714. The lowest BCUT2D eigenvalue weighted by molar-refractivity contribution is -0.134. The van der Waals surface area contributed by atoms with Crippen LogP contribution in [0.1, 0.15) is 27.2 Å². The monoisotopic (exact) mass is 162 g/mol. The molecule has 0 heterocycles. The number of hydrogen-bond acceptors (Lipinski definition) is 2. The van der Waals surface area contributed by atoms with E-state index in [4.69, 9.17) is 11.6 Å². The summed E-state index contributed by atoms with van der Waals surface area (Å²) in [4.78, 5) is 21.6. The Morgan fingerprint density at radius 2 is 1.80 bits per heavy atom. The molecule has 0 fully saturated rings. The molecular weight excluding hydrogens is 152 g/mol. The molecule has 58 valence electrons. The minimum Gasteiger partial charge on any atom is -0.299 e. The van der Waals surface area contributed by atoms with Crippen molar-refractivity contribution in [2.45, 2.75) is 27.2 Å². The first-order valence-corrected chi connectivity index (χ1v) is 3.54. The van der Waals surface area contributed by atoms with Crippen LogP contribution in [0.5, 0.6) is 0 Å². The average molecular weight is 163 g/mol. The number of halogens is 1. The van der Waals surface area contributed by atoms with Crippen molar-refractivity contribution in [1.29, 1.82) is 0 Å². The summed E-state index contributed by atoms with van der Waals surface area (Å²) < 4.78 is 0. The van der Waals surface area contributed by atoms with Gasteiger partial charge in [0.2, 0.25) is 5.24 Å². The number of rotatable bonds is 3. The van der Waals surface area contributed by atoms with Crippen LogP contribution in [0, 0.1) is 5.41 Å². The second-order valence-electron chi connectivity index (χ2n) is 2.68. The zero-order valence-corrected chi connectivity index (χ0v) is 7.16. The first-order chi connectivity index (χ1) is 4.42. The van der Waals surface area contributed by atoms with Crippen LogP contribution in [-0.4, -0.2) is 11.0 Å². The summed E-state index contributed by atoms with van der Waals surface area (Å²) >= 11 is 5.18. The highest BCUT2D eigenvalue weighted by Crippen LogP contribution is 2.21. The predicted molar refractivity (Wildman–Crippen MR) is 39.9 cm³/mol. The van der Waals surface area contributed by atoms with Crippen LogP contribution in [0.25, 0.3) is 0 Å². The normalized spacial score (nSPS) is 11.2. The summed E-state index contributed by atoms with van der Waals surface area (Å²) in [6.45, 7) is 4.78. The van der Waals surface area contributed by atoms with Crippen molar-refractivity contribution < 1.29 is 9.59 Å². The van der Waals surface area contributed by atoms with Crippen molar-refractivity contribution in [2.75, 3.05) is 0 Å². The van der Waals surface area contributed by atoms with E-state index < -0.39 is 10.7 Å². The van der Waals surface area contributed by atoms with Crippen molar-refractivity contribution in [3.05, 3.63) is 0 Å². The van der Waals surface area contributed by atoms with Crippen molar-refractivity contribution in [2.24, 2.45) is 5.41 Å². The molecule has 3 heteroatoms. The average Bonchev–Trinajstić information content (AvgIpc) is 1.86. The van der Waals surface area contributed by atoms with Gasteiger partial charge in [-0.1, -0.05) is 6.92 Å². The molecule has 2 nitrogen and oxygen atoms in total. The zero-order valence-electron chi connectivity index (χ0n) is 6.40. The molecule has 0 amide bonds. The quantitative estimate of drug-likeness (QED) is 0.468. The molecule has 0 spiro atoms. The molecule has 0 aromatic rings. The lowest BCUT2D eigenvalue weighted by Gasteiger charge is -2.15. The van der Waals surface area contributed by atoms with E-state index in [1.807, 2.05) is 0 Å². The SMILES string of the molecule is CCC(=O)C(C)(C)C(=O)Cl. The third-order valence-corrected chi connectivity index (χ3v) is 1.98. The topological polar surface area (TPSA) is 34.1 Å². The van der Waals surface area contributed by atoms with Gasteiger partial charge in [-0.3, -0.25) is 9.59 Å². The Kier molecular flexibility index (Phi) is 3.03. The summed E-state index contributed by atoms with van der Waals surface area (Å²) in [5.41, 5.74) is -1.00. The maximum atomic E-state index is 11.0. The van der Waals surface area contributed by atoms with E-state index in [2.05, 4.69) is 0 Å². The molecule has 0 unspecified atom stereocenters. The molecule has 0 saturated heterocycles. The van der Waals surface area contributed by atoms with Crippen LogP contribution in [0.4, 0.5) is 0 Å². The van der Waals surface area contributed by atoms with E-state index >= 15 is 0 Å². The van der Waals surface area contributed by atoms with Gasteiger partial charge in [0.15, 0.2) is 0 Å². The summed E-state index contributed by atoms with van der Waals surface area (Å²) in [7, 11) is 0. The van der Waals surface area contributed by atoms with Crippen molar-refractivity contribution in [3.63, 3.8) is 0 Å². The molecule has 0 aromatic heterocycles. The predicted octanol–water partition coefficient (Wildman–Crippen LogP) is 1.76. The molecule has 0 saturated carbocycles. The van der Waals surface area contributed by atoms with Gasteiger partial charge in [0.05, 0.1) is 5.41 Å². The van der Waals surface area contributed by atoms with Crippen LogP contribution in [0.2, 0.25) is 0 Å². The van der Waals surface area contributed by atoms with Gasteiger partial charge in [0.1, 0.15) is 5.78 Å². The van der Waals surface area contributed by atoms with E-state index in [0.717, 1.165) is 0 Å². The minimum atomic E-state index is -1.00. The number of carbonyl (C=O) groups is 2. The first kappa shape index (κ1) is 9.63. The largest absolute Gasteiger partial charge is 0.299 e. The van der Waals surface area contributed by atoms with Crippen LogP contribution in [0.15, 0.2) is 0 Å². The highest BCUT2D eigenvalue weighted by Gasteiger charge is 2.32. The van der Waals surface area contributed by atoms with Crippen LogP contribution < -0.4 is 0 Å². The lowest BCUT2D eigenvalue weighted by Crippen LogP contribution is -2.29. The second kappa shape index (κ2) is 3.15. The van der Waals surface area contributed by atoms with Gasteiger partial charge in [0.25, 0.3) is 0 Å². The van der Waals surface area contributed by atoms with Gasteiger partial charge in [0, 0.05) is 6.42 Å². The molecule has 0 bridgehead atoms. The molecule has 0 N–H and O–H groups in total. The van der Waals surface area contributed by atoms with Gasteiger partial charge in [-0.2, -0.15) is 0 Å². The third kappa shape index (κ3) is 1.81. The smallest absolute Gasteiger partial charge is 0.234 e. The molecule has 0 radical (unpaired) electrons. The van der Waals surface area contributed by atoms with E-state index in [0.29, 0.717) is 6.42 Å². The fourth-order valence-electron chi connectivity index (χ4n) is 0.552. The zero-order chi connectivity index (χ0) is 8.36.